The van der Waals surface area contributed by atoms with Gasteiger partial charge in [-0.15, -0.1) is 0 Å². The normalized spacial score (nSPS) is 13.7. The molecule has 0 aliphatic heterocycles. The molecule has 6 nitrogen and oxygen atoms in total. The topological polar surface area (TPSA) is 84.9 Å². The maximum atomic E-state index is 11.5. The van der Waals surface area contributed by atoms with Gasteiger partial charge < -0.3 is 19.9 Å². The van der Waals surface area contributed by atoms with Crippen LogP contribution in [-0.4, -0.2) is 36.7 Å². The zero-order valence-electron chi connectivity index (χ0n) is 10.5. The molecule has 0 bridgehead atoms. The minimum Gasteiger partial charge on any atom is -0.493 e. The third kappa shape index (κ3) is 3.61. The third-order valence-electron chi connectivity index (χ3n) is 2.71. The van der Waals surface area contributed by atoms with E-state index in [9.17, 15) is 9.59 Å². The highest BCUT2D eigenvalue weighted by atomic mass is 16.5. The molecule has 0 saturated heterocycles. The van der Waals surface area contributed by atoms with E-state index >= 15 is 0 Å². The lowest BCUT2D eigenvalue weighted by Gasteiger charge is -2.11. The summed E-state index contributed by atoms with van der Waals surface area (Å²) in [7, 11) is 1.45. The molecule has 1 aliphatic rings. The summed E-state index contributed by atoms with van der Waals surface area (Å²) in [6.07, 6.45) is 2.01. The van der Waals surface area contributed by atoms with Gasteiger partial charge in [0.05, 0.1) is 12.7 Å². The fourth-order valence-corrected chi connectivity index (χ4v) is 1.56. The van der Waals surface area contributed by atoms with E-state index in [4.69, 9.17) is 14.6 Å². The smallest absolute Gasteiger partial charge is 0.335 e. The van der Waals surface area contributed by atoms with Gasteiger partial charge in [0.1, 0.15) is 0 Å². The number of hydrogen-bond donors (Lipinski definition) is 2. The number of hydrogen-bond acceptors (Lipinski definition) is 4. The molecule has 0 aromatic heterocycles. The fraction of sp³-hybridized carbons (Fsp3) is 0.385. The van der Waals surface area contributed by atoms with Gasteiger partial charge in [0.25, 0.3) is 5.91 Å². The molecule has 0 heterocycles. The molecule has 102 valence electrons. The molecule has 1 amide bonds. The van der Waals surface area contributed by atoms with Gasteiger partial charge in [-0.2, -0.15) is 0 Å². The van der Waals surface area contributed by atoms with E-state index < -0.39 is 5.97 Å². The van der Waals surface area contributed by atoms with Crippen LogP contribution >= 0.6 is 0 Å². The van der Waals surface area contributed by atoms with Gasteiger partial charge in [0.15, 0.2) is 18.1 Å². The first-order valence-corrected chi connectivity index (χ1v) is 5.93. The molecular weight excluding hydrogens is 250 g/mol. The van der Waals surface area contributed by atoms with Crippen molar-refractivity contribution in [3.05, 3.63) is 23.8 Å². The van der Waals surface area contributed by atoms with Gasteiger partial charge >= 0.3 is 5.97 Å². The highest BCUT2D eigenvalue weighted by Crippen LogP contribution is 2.28. The maximum Gasteiger partial charge on any atom is 0.335 e. The Kier molecular flexibility index (Phi) is 3.89. The van der Waals surface area contributed by atoms with Crippen molar-refractivity contribution < 1.29 is 24.2 Å². The first-order valence-electron chi connectivity index (χ1n) is 5.93. The number of carboxylic acids is 1. The monoisotopic (exact) mass is 265 g/mol. The molecule has 0 unspecified atom stereocenters. The Hall–Kier alpha value is -2.24. The Morgan fingerprint density at radius 1 is 1.37 bits per heavy atom. The van der Waals surface area contributed by atoms with Crippen LogP contribution in [0.15, 0.2) is 18.2 Å². The Morgan fingerprint density at radius 3 is 2.68 bits per heavy atom. The summed E-state index contributed by atoms with van der Waals surface area (Å²) in [5.74, 6) is -0.641. The molecule has 2 rings (SSSR count). The summed E-state index contributed by atoms with van der Waals surface area (Å²) in [5.41, 5.74) is 0.0819. The van der Waals surface area contributed by atoms with E-state index in [2.05, 4.69) is 5.32 Å². The number of carbonyl (C=O) groups excluding carboxylic acids is 1. The molecule has 19 heavy (non-hydrogen) atoms. The Bertz CT molecular complexity index is 496. The maximum absolute atomic E-state index is 11.5. The average molecular weight is 265 g/mol. The van der Waals surface area contributed by atoms with Gasteiger partial charge in [-0.25, -0.2) is 4.79 Å². The van der Waals surface area contributed by atoms with E-state index in [1.165, 1.54) is 25.3 Å². The Labute approximate surface area is 110 Å². The van der Waals surface area contributed by atoms with E-state index in [1.54, 1.807) is 0 Å². The summed E-state index contributed by atoms with van der Waals surface area (Å²) in [6.45, 7) is -0.157. The van der Waals surface area contributed by atoms with Crippen molar-refractivity contribution >= 4 is 11.9 Å². The van der Waals surface area contributed by atoms with E-state index in [1.807, 2.05) is 0 Å². The van der Waals surface area contributed by atoms with Crippen LogP contribution in [0, 0.1) is 0 Å². The quantitative estimate of drug-likeness (QED) is 0.803. The first kappa shape index (κ1) is 13.2. The van der Waals surface area contributed by atoms with Gasteiger partial charge in [-0.3, -0.25) is 4.79 Å². The van der Waals surface area contributed by atoms with Crippen LogP contribution < -0.4 is 14.8 Å². The zero-order chi connectivity index (χ0) is 13.8. The summed E-state index contributed by atoms with van der Waals surface area (Å²) in [5, 5.41) is 11.7. The van der Waals surface area contributed by atoms with Crippen molar-refractivity contribution in [3.8, 4) is 11.5 Å². The standard InChI is InChI=1S/C13H15NO5/c1-18-10-5-2-8(13(16)17)6-11(10)19-7-12(15)14-9-3-4-9/h2,5-6,9H,3-4,7H2,1H3,(H,14,15)(H,16,17). The van der Waals surface area contributed by atoms with Crippen molar-refractivity contribution in [2.24, 2.45) is 0 Å². The second-order valence-corrected chi connectivity index (χ2v) is 4.30. The molecule has 6 heteroatoms. The number of carboxylic acid groups (broad SMARTS) is 1. The predicted molar refractivity (Wildman–Crippen MR) is 66.6 cm³/mol. The lowest BCUT2D eigenvalue weighted by Crippen LogP contribution is -2.30. The van der Waals surface area contributed by atoms with Crippen LogP contribution in [0.25, 0.3) is 0 Å². The molecule has 1 aromatic rings. The van der Waals surface area contributed by atoms with Crippen LogP contribution in [0.3, 0.4) is 0 Å². The molecule has 2 N–H and O–H groups in total. The number of benzene rings is 1. The predicted octanol–water partition coefficient (Wildman–Crippen LogP) is 1.05. The van der Waals surface area contributed by atoms with Crippen molar-refractivity contribution in [3.63, 3.8) is 0 Å². The summed E-state index contributed by atoms with van der Waals surface area (Å²) in [6, 6.07) is 4.52. The van der Waals surface area contributed by atoms with Crippen molar-refractivity contribution in [1.29, 1.82) is 0 Å². The van der Waals surface area contributed by atoms with Crippen molar-refractivity contribution in [2.45, 2.75) is 18.9 Å². The van der Waals surface area contributed by atoms with Crippen LogP contribution in [0.2, 0.25) is 0 Å². The highest BCUT2D eigenvalue weighted by molar-refractivity contribution is 5.88. The number of ether oxygens (including phenoxy) is 2. The van der Waals surface area contributed by atoms with Crippen molar-refractivity contribution in [2.75, 3.05) is 13.7 Å². The Balaban J connectivity index is 2.01. The van der Waals surface area contributed by atoms with Gasteiger partial charge in [0.2, 0.25) is 0 Å². The zero-order valence-corrected chi connectivity index (χ0v) is 10.5. The van der Waals surface area contributed by atoms with Gasteiger partial charge in [0, 0.05) is 6.04 Å². The largest absolute Gasteiger partial charge is 0.493 e. The molecule has 0 spiro atoms. The van der Waals surface area contributed by atoms with Crippen molar-refractivity contribution in [1.82, 2.24) is 5.32 Å². The van der Waals surface area contributed by atoms with Crippen LogP contribution in [-0.2, 0) is 4.79 Å². The molecule has 0 atom stereocenters. The van der Waals surface area contributed by atoms with Crippen LogP contribution in [0.4, 0.5) is 0 Å². The molecular formula is C13H15NO5. The minimum atomic E-state index is -1.06. The molecule has 1 saturated carbocycles. The summed E-state index contributed by atoms with van der Waals surface area (Å²) < 4.78 is 10.4. The average Bonchev–Trinajstić information content (AvgIpc) is 3.19. The minimum absolute atomic E-state index is 0.0819. The summed E-state index contributed by atoms with van der Waals surface area (Å²) in [4.78, 5) is 22.4. The second-order valence-electron chi connectivity index (χ2n) is 4.30. The fourth-order valence-electron chi connectivity index (χ4n) is 1.56. The number of carbonyl (C=O) groups is 2. The number of aromatic carboxylic acids is 1. The number of rotatable bonds is 6. The molecule has 1 aliphatic carbocycles. The first-order chi connectivity index (χ1) is 9.10. The lowest BCUT2D eigenvalue weighted by molar-refractivity contribution is -0.123. The van der Waals surface area contributed by atoms with Crippen LogP contribution in [0.5, 0.6) is 11.5 Å². The van der Waals surface area contributed by atoms with E-state index in [0.717, 1.165) is 12.8 Å². The molecule has 1 fully saturated rings. The number of nitrogens with one attached hydrogen (secondary N) is 1. The molecule has 1 aromatic carbocycles. The van der Waals surface area contributed by atoms with Gasteiger partial charge in [-0.1, -0.05) is 0 Å². The van der Waals surface area contributed by atoms with E-state index in [-0.39, 0.29) is 29.9 Å². The van der Waals surface area contributed by atoms with Gasteiger partial charge in [-0.05, 0) is 31.0 Å². The third-order valence-corrected chi connectivity index (χ3v) is 2.71. The number of amides is 1. The molecule has 0 radical (unpaired) electrons. The van der Waals surface area contributed by atoms with E-state index in [0.29, 0.717) is 5.75 Å². The Morgan fingerprint density at radius 2 is 2.11 bits per heavy atom. The second kappa shape index (κ2) is 5.60. The highest BCUT2D eigenvalue weighted by Gasteiger charge is 2.23. The van der Waals surface area contributed by atoms with Crippen LogP contribution in [0.1, 0.15) is 23.2 Å². The number of methoxy groups -OCH3 is 1. The summed E-state index contributed by atoms with van der Waals surface area (Å²) >= 11 is 0. The lowest BCUT2D eigenvalue weighted by atomic mass is 10.2. The SMILES string of the molecule is COc1ccc(C(=O)O)cc1OCC(=O)NC1CC1.